The average Bonchev–Trinajstić information content (AvgIpc) is 2.75. The van der Waals surface area contributed by atoms with Crippen molar-refractivity contribution >= 4 is 11.0 Å². The number of aryl methyl sites for hydroxylation is 1. The van der Waals surface area contributed by atoms with Crippen LogP contribution in [0.2, 0.25) is 0 Å². The van der Waals surface area contributed by atoms with Crippen LogP contribution < -0.4 is 5.69 Å². The normalized spacial score (nSPS) is 12.7. The topological polar surface area (TPSA) is 58.0 Å². The summed E-state index contributed by atoms with van der Waals surface area (Å²) in [4.78, 5) is 14.8. The van der Waals surface area contributed by atoms with Gasteiger partial charge in [-0.15, -0.1) is 0 Å². The van der Waals surface area contributed by atoms with Crippen LogP contribution in [0.4, 0.5) is 0 Å². The monoisotopic (exact) mass is 268 g/mol. The molecule has 2 N–H and O–H groups in total. The molecule has 0 aliphatic carbocycles. The highest BCUT2D eigenvalue weighted by Crippen LogP contribution is 2.17. The summed E-state index contributed by atoms with van der Waals surface area (Å²) >= 11 is 0. The number of rotatable bonds is 3. The lowest BCUT2D eigenvalue weighted by Gasteiger charge is -2.11. The van der Waals surface area contributed by atoms with Crippen molar-refractivity contribution in [1.29, 1.82) is 0 Å². The first-order valence-corrected chi connectivity index (χ1v) is 6.57. The van der Waals surface area contributed by atoms with Crippen LogP contribution in [-0.2, 0) is 6.54 Å². The van der Waals surface area contributed by atoms with Gasteiger partial charge in [0.05, 0.1) is 23.7 Å². The largest absolute Gasteiger partial charge is 0.387 e. The summed E-state index contributed by atoms with van der Waals surface area (Å²) in [6.07, 6.45) is -0.700. The Balaban J connectivity index is 1.99. The summed E-state index contributed by atoms with van der Waals surface area (Å²) in [5.74, 6) is 0. The van der Waals surface area contributed by atoms with Crippen LogP contribution in [0.3, 0.4) is 0 Å². The lowest BCUT2D eigenvalue weighted by molar-refractivity contribution is 0.157. The van der Waals surface area contributed by atoms with Crippen LogP contribution in [-0.4, -0.2) is 14.7 Å². The predicted molar refractivity (Wildman–Crippen MR) is 78.7 cm³/mol. The minimum atomic E-state index is -0.700. The Bertz CT molecular complexity index is 787. The van der Waals surface area contributed by atoms with E-state index in [0.29, 0.717) is 0 Å². The molecule has 1 aromatic heterocycles. The zero-order valence-corrected chi connectivity index (χ0v) is 11.2. The van der Waals surface area contributed by atoms with E-state index in [4.69, 9.17) is 0 Å². The maximum absolute atomic E-state index is 12.0. The van der Waals surface area contributed by atoms with Gasteiger partial charge >= 0.3 is 5.69 Å². The van der Waals surface area contributed by atoms with E-state index in [-0.39, 0.29) is 12.2 Å². The van der Waals surface area contributed by atoms with Crippen molar-refractivity contribution in [2.75, 3.05) is 0 Å². The quantitative estimate of drug-likeness (QED) is 0.766. The number of imidazole rings is 1. The third kappa shape index (κ3) is 2.26. The van der Waals surface area contributed by atoms with Gasteiger partial charge in [-0.2, -0.15) is 0 Å². The first-order valence-electron chi connectivity index (χ1n) is 6.57. The smallest absolute Gasteiger partial charge is 0.326 e. The molecule has 2 aromatic carbocycles. The molecule has 0 saturated carbocycles. The molecule has 1 unspecified atom stereocenters. The van der Waals surface area contributed by atoms with Crippen LogP contribution in [0.5, 0.6) is 0 Å². The van der Waals surface area contributed by atoms with Crippen molar-refractivity contribution in [3.05, 3.63) is 70.1 Å². The maximum atomic E-state index is 12.0. The summed E-state index contributed by atoms with van der Waals surface area (Å²) in [6, 6.07) is 15.2. The molecule has 0 spiro atoms. The van der Waals surface area contributed by atoms with E-state index < -0.39 is 6.10 Å². The molecule has 0 bridgehead atoms. The van der Waals surface area contributed by atoms with Crippen molar-refractivity contribution in [2.45, 2.75) is 19.6 Å². The summed E-state index contributed by atoms with van der Waals surface area (Å²) in [5.41, 5.74) is 3.32. The maximum Gasteiger partial charge on any atom is 0.326 e. The highest BCUT2D eigenvalue weighted by molar-refractivity contribution is 5.75. The van der Waals surface area contributed by atoms with Gasteiger partial charge in [0.2, 0.25) is 0 Å². The number of aromatic amines is 1. The van der Waals surface area contributed by atoms with Gasteiger partial charge in [0.15, 0.2) is 0 Å². The van der Waals surface area contributed by atoms with E-state index in [0.717, 1.165) is 22.2 Å². The molecular formula is C16H16N2O2. The fourth-order valence-electron chi connectivity index (χ4n) is 2.41. The Morgan fingerprint density at radius 2 is 1.95 bits per heavy atom. The first kappa shape index (κ1) is 12.7. The number of aromatic nitrogens is 2. The second kappa shape index (κ2) is 4.98. The Labute approximate surface area is 116 Å². The first-order chi connectivity index (χ1) is 9.65. The van der Waals surface area contributed by atoms with Crippen molar-refractivity contribution in [2.24, 2.45) is 0 Å². The zero-order chi connectivity index (χ0) is 14.1. The number of nitrogens with one attached hydrogen (secondary N) is 1. The third-order valence-corrected chi connectivity index (χ3v) is 3.47. The van der Waals surface area contributed by atoms with Gasteiger partial charge in [0.1, 0.15) is 0 Å². The second-order valence-corrected chi connectivity index (χ2v) is 4.99. The SMILES string of the molecule is Cc1ccc2c(c1)[nH]c(=O)n2CC(O)c1ccccc1. The number of aliphatic hydroxyl groups is 1. The number of nitrogens with zero attached hydrogens (tertiary/aromatic N) is 1. The highest BCUT2D eigenvalue weighted by atomic mass is 16.3. The molecule has 0 radical (unpaired) electrons. The Hall–Kier alpha value is -2.33. The van der Waals surface area contributed by atoms with E-state index in [1.54, 1.807) is 4.57 Å². The van der Waals surface area contributed by atoms with Crippen molar-refractivity contribution in [1.82, 2.24) is 9.55 Å². The lowest BCUT2D eigenvalue weighted by atomic mass is 10.1. The second-order valence-electron chi connectivity index (χ2n) is 4.99. The van der Waals surface area contributed by atoms with E-state index in [2.05, 4.69) is 4.98 Å². The molecule has 3 aromatic rings. The van der Waals surface area contributed by atoms with E-state index >= 15 is 0 Å². The molecule has 0 saturated heterocycles. The summed E-state index contributed by atoms with van der Waals surface area (Å²) in [7, 11) is 0. The number of H-pyrrole nitrogens is 1. The lowest BCUT2D eigenvalue weighted by Crippen LogP contribution is -2.20. The third-order valence-electron chi connectivity index (χ3n) is 3.47. The summed E-state index contributed by atoms with van der Waals surface area (Å²) in [6.45, 7) is 2.22. The van der Waals surface area contributed by atoms with Crippen molar-refractivity contribution in [3.63, 3.8) is 0 Å². The van der Waals surface area contributed by atoms with Gasteiger partial charge < -0.3 is 10.1 Å². The van der Waals surface area contributed by atoms with Crippen LogP contribution in [0.25, 0.3) is 11.0 Å². The summed E-state index contributed by atoms with van der Waals surface area (Å²) < 4.78 is 1.58. The highest BCUT2D eigenvalue weighted by Gasteiger charge is 2.12. The zero-order valence-electron chi connectivity index (χ0n) is 11.2. The molecule has 4 heteroatoms. The molecule has 1 heterocycles. The molecule has 0 fully saturated rings. The molecule has 0 aliphatic heterocycles. The minimum absolute atomic E-state index is 0.194. The number of aliphatic hydroxyl groups excluding tert-OH is 1. The predicted octanol–water partition coefficient (Wildman–Crippen LogP) is 2.37. The van der Waals surface area contributed by atoms with Crippen molar-refractivity contribution < 1.29 is 5.11 Å². The average molecular weight is 268 g/mol. The van der Waals surface area contributed by atoms with Gasteiger partial charge in [-0.05, 0) is 30.2 Å². The van der Waals surface area contributed by atoms with Crippen LogP contribution in [0.1, 0.15) is 17.2 Å². The Kier molecular flexibility index (Phi) is 3.16. The molecule has 4 nitrogen and oxygen atoms in total. The summed E-state index contributed by atoms with van der Waals surface area (Å²) in [5, 5.41) is 10.3. The minimum Gasteiger partial charge on any atom is -0.387 e. The van der Waals surface area contributed by atoms with Crippen molar-refractivity contribution in [3.8, 4) is 0 Å². The van der Waals surface area contributed by atoms with Gasteiger partial charge in [-0.3, -0.25) is 4.57 Å². The molecule has 20 heavy (non-hydrogen) atoms. The Morgan fingerprint density at radius 3 is 2.70 bits per heavy atom. The standard InChI is InChI=1S/C16H16N2O2/c1-11-7-8-14-13(9-11)17-16(20)18(14)10-15(19)12-5-3-2-4-6-12/h2-9,15,19H,10H2,1H3,(H,17,20). The molecule has 102 valence electrons. The van der Waals surface area contributed by atoms with Crippen LogP contribution >= 0.6 is 0 Å². The number of fused-ring (bicyclic) bond motifs is 1. The fraction of sp³-hybridized carbons (Fsp3) is 0.188. The van der Waals surface area contributed by atoms with Gasteiger partial charge in [0.25, 0.3) is 0 Å². The molecule has 1 atom stereocenters. The van der Waals surface area contributed by atoms with Gasteiger partial charge in [-0.1, -0.05) is 36.4 Å². The van der Waals surface area contributed by atoms with E-state index in [9.17, 15) is 9.90 Å². The number of hydrogen-bond donors (Lipinski definition) is 2. The van der Waals surface area contributed by atoms with Gasteiger partial charge in [-0.25, -0.2) is 4.79 Å². The van der Waals surface area contributed by atoms with Crippen LogP contribution in [0.15, 0.2) is 53.3 Å². The number of hydrogen-bond acceptors (Lipinski definition) is 2. The van der Waals surface area contributed by atoms with E-state index in [1.165, 1.54) is 0 Å². The molecular weight excluding hydrogens is 252 g/mol. The fourth-order valence-corrected chi connectivity index (χ4v) is 2.41. The van der Waals surface area contributed by atoms with Crippen LogP contribution in [0, 0.1) is 6.92 Å². The van der Waals surface area contributed by atoms with Gasteiger partial charge in [0, 0.05) is 0 Å². The molecule has 0 aliphatic rings. The van der Waals surface area contributed by atoms with E-state index in [1.807, 2.05) is 55.5 Å². The number of benzene rings is 2. The molecule has 0 amide bonds. The Morgan fingerprint density at radius 1 is 1.20 bits per heavy atom. The molecule has 3 rings (SSSR count).